The van der Waals surface area contributed by atoms with Gasteiger partial charge in [0.15, 0.2) is 0 Å². The second-order valence-electron chi connectivity index (χ2n) is 4.11. The van der Waals surface area contributed by atoms with Crippen LogP contribution in [0.25, 0.3) is 0 Å². The minimum atomic E-state index is -0.539. The number of carbonyl (C=O) groups excluding carboxylic acids is 1. The summed E-state index contributed by atoms with van der Waals surface area (Å²) >= 11 is 1.75. The van der Waals surface area contributed by atoms with E-state index < -0.39 is 5.92 Å². The molecule has 0 aliphatic carbocycles. The minimum absolute atomic E-state index is 0.0492. The zero-order valence-electron chi connectivity index (χ0n) is 9.43. The van der Waals surface area contributed by atoms with Crippen molar-refractivity contribution in [1.82, 2.24) is 4.90 Å². The zero-order chi connectivity index (χ0) is 11.7. The predicted octanol–water partition coefficient (Wildman–Crippen LogP) is 2.35. The number of amides is 1. The van der Waals surface area contributed by atoms with Crippen LogP contribution in [0.3, 0.4) is 0 Å². The molecule has 1 aliphatic rings. The van der Waals surface area contributed by atoms with Crippen molar-refractivity contribution < 1.29 is 4.79 Å². The Hall–Kier alpha value is -1.34. The third-order valence-electron chi connectivity index (χ3n) is 3.12. The van der Waals surface area contributed by atoms with Gasteiger partial charge in [-0.25, -0.2) is 0 Å². The summed E-state index contributed by atoms with van der Waals surface area (Å²) in [5.41, 5.74) is 1.25. The van der Waals surface area contributed by atoms with Crippen LogP contribution in [0.2, 0.25) is 0 Å². The molecule has 2 heterocycles. The van der Waals surface area contributed by atoms with E-state index in [1.54, 1.807) is 18.3 Å². The fourth-order valence-corrected chi connectivity index (χ4v) is 3.08. The molecule has 0 aromatic carbocycles. The van der Waals surface area contributed by atoms with Crippen LogP contribution in [0.4, 0.5) is 0 Å². The topological polar surface area (TPSA) is 44.1 Å². The molecule has 2 atom stereocenters. The highest BCUT2D eigenvalue weighted by molar-refractivity contribution is 7.10. The Bertz CT molecular complexity index is 446. The summed E-state index contributed by atoms with van der Waals surface area (Å²) in [7, 11) is 0. The molecule has 1 amide bonds. The van der Waals surface area contributed by atoms with Crippen LogP contribution in [-0.2, 0) is 11.2 Å². The molecule has 0 saturated heterocycles. The third kappa shape index (κ3) is 1.72. The van der Waals surface area contributed by atoms with E-state index in [0.717, 1.165) is 13.0 Å². The Morgan fingerprint density at radius 2 is 2.50 bits per heavy atom. The smallest absolute Gasteiger partial charge is 0.240 e. The lowest BCUT2D eigenvalue weighted by Gasteiger charge is -2.34. The number of thiophene rings is 1. The maximum absolute atomic E-state index is 12.0. The van der Waals surface area contributed by atoms with E-state index in [-0.39, 0.29) is 11.9 Å². The van der Waals surface area contributed by atoms with Gasteiger partial charge in [0, 0.05) is 11.4 Å². The molecule has 0 bridgehead atoms. The first kappa shape index (κ1) is 11.2. The second-order valence-corrected chi connectivity index (χ2v) is 5.11. The number of nitrogens with zero attached hydrogens (tertiary/aromatic N) is 2. The molecular formula is C12H14N2OS. The molecule has 84 valence electrons. The van der Waals surface area contributed by atoms with Gasteiger partial charge in [-0.05, 0) is 37.3 Å². The minimum Gasteiger partial charge on any atom is -0.334 e. The van der Waals surface area contributed by atoms with Crippen molar-refractivity contribution in [3.63, 3.8) is 0 Å². The maximum atomic E-state index is 12.0. The largest absolute Gasteiger partial charge is 0.334 e. The Morgan fingerprint density at radius 1 is 1.75 bits per heavy atom. The van der Waals surface area contributed by atoms with Crippen LogP contribution < -0.4 is 0 Å². The molecule has 0 fully saturated rings. The Balaban J connectivity index is 2.22. The van der Waals surface area contributed by atoms with E-state index in [9.17, 15) is 4.79 Å². The van der Waals surface area contributed by atoms with Gasteiger partial charge in [0.25, 0.3) is 0 Å². The van der Waals surface area contributed by atoms with Crippen molar-refractivity contribution in [2.24, 2.45) is 5.92 Å². The first-order chi connectivity index (χ1) is 7.65. The fraction of sp³-hybridized carbons (Fsp3) is 0.500. The van der Waals surface area contributed by atoms with Crippen molar-refractivity contribution in [2.75, 3.05) is 6.54 Å². The standard InChI is InChI=1S/C12H14N2OS/c1-8(7-13)12(15)14-5-3-11-10(9(14)2)4-6-16-11/h4,6,8-9H,3,5H2,1-2H3. The molecule has 2 unspecified atom stereocenters. The van der Waals surface area contributed by atoms with Crippen LogP contribution in [0, 0.1) is 17.2 Å². The molecule has 0 saturated carbocycles. The van der Waals surface area contributed by atoms with Crippen molar-refractivity contribution >= 4 is 17.2 Å². The molecule has 1 aromatic heterocycles. The van der Waals surface area contributed by atoms with Crippen molar-refractivity contribution in [3.8, 4) is 6.07 Å². The van der Waals surface area contributed by atoms with E-state index >= 15 is 0 Å². The summed E-state index contributed by atoms with van der Waals surface area (Å²) in [4.78, 5) is 15.2. The average molecular weight is 234 g/mol. The maximum Gasteiger partial charge on any atom is 0.240 e. The molecule has 1 aromatic rings. The number of carbonyl (C=O) groups is 1. The Morgan fingerprint density at radius 3 is 3.19 bits per heavy atom. The molecule has 2 rings (SSSR count). The summed E-state index contributed by atoms with van der Waals surface area (Å²) in [6.07, 6.45) is 0.918. The fourth-order valence-electron chi connectivity index (χ4n) is 2.11. The molecule has 0 N–H and O–H groups in total. The highest BCUT2D eigenvalue weighted by atomic mass is 32.1. The average Bonchev–Trinajstić information content (AvgIpc) is 2.76. The first-order valence-corrected chi connectivity index (χ1v) is 6.29. The third-order valence-corrected chi connectivity index (χ3v) is 4.12. The van der Waals surface area contributed by atoms with E-state index in [1.807, 2.05) is 17.9 Å². The predicted molar refractivity (Wildman–Crippen MR) is 62.9 cm³/mol. The van der Waals surface area contributed by atoms with E-state index in [4.69, 9.17) is 5.26 Å². The molecular weight excluding hydrogens is 220 g/mol. The van der Waals surface area contributed by atoms with Crippen LogP contribution in [0.5, 0.6) is 0 Å². The van der Waals surface area contributed by atoms with Crippen molar-refractivity contribution in [2.45, 2.75) is 26.3 Å². The van der Waals surface area contributed by atoms with Gasteiger partial charge in [0.2, 0.25) is 5.91 Å². The van der Waals surface area contributed by atoms with Gasteiger partial charge in [-0.1, -0.05) is 0 Å². The molecule has 0 radical (unpaired) electrons. The summed E-state index contributed by atoms with van der Waals surface area (Å²) in [6, 6.07) is 4.21. The number of hydrogen-bond acceptors (Lipinski definition) is 3. The van der Waals surface area contributed by atoms with Gasteiger partial charge in [0.1, 0.15) is 5.92 Å². The summed E-state index contributed by atoms with van der Waals surface area (Å²) in [5, 5.41) is 10.9. The van der Waals surface area contributed by atoms with Gasteiger partial charge in [0.05, 0.1) is 12.1 Å². The lowest BCUT2D eigenvalue weighted by atomic mass is 9.99. The Kier molecular flexibility index (Phi) is 2.97. The lowest BCUT2D eigenvalue weighted by Crippen LogP contribution is -2.40. The highest BCUT2D eigenvalue weighted by Crippen LogP contribution is 2.33. The van der Waals surface area contributed by atoms with Crippen LogP contribution in [-0.4, -0.2) is 17.4 Å². The van der Waals surface area contributed by atoms with Crippen LogP contribution >= 0.6 is 11.3 Å². The number of fused-ring (bicyclic) bond motifs is 1. The van der Waals surface area contributed by atoms with Crippen LogP contribution in [0.15, 0.2) is 11.4 Å². The van der Waals surface area contributed by atoms with E-state index in [1.165, 1.54) is 10.4 Å². The van der Waals surface area contributed by atoms with Crippen LogP contribution in [0.1, 0.15) is 30.3 Å². The highest BCUT2D eigenvalue weighted by Gasteiger charge is 2.30. The summed E-state index contributed by atoms with van der Waals surface area (Å²) in [5.74, 6) is -0.588. The van der Waals surface area contributed by atoms with Gasteiger partial charge in [-0.2, -0.15) is 5.26 Å². The van der Waals surface area contributed by atoms with E-state index in [0.29, 0.717) is 0 Å². The summed E-state index contributed by atoms with van der Waals surface area (Å²) in [6.45, 7) is 4.43. The molecule has 0 spiro atoms. The Labute approximate surface area is 99.3 Å². The quantitative estimate of drug-likeness (QED) is 0.748. The summed E-state index contributed by atoms with van der Waals surface area (Å²) < 4.78 is 0. The molecule has 3 nitrogen and oxygen atoms in total. The number of rotatable bonds is 1. The van der Waals surface area contributed by atoms with Crippen molar-refractivity contribution in [3.05, 3.63) is 21.9 Å². The van der Waals surface area contributed by atoms with Gasteiger partial charge >= 0.3 is 0 Å². The van der Waals surface area contributed by atoms with Gasteiger partial charge in [-0.3, -0.25) is 4.79 Å². The van der Waals surface area contributed by atoms with Crippen molar-refractivity contribution in [1.29, 1.82) is 5.26 Å². The second kappa shape index (κ2) is 4.26. The number of nitriles is 1. The first-order valence-electron chi connectivity index (χ1n) is 5.41. The van der Waals surface area contributed by atoms with Gasteiger partial charge in [-0.15, -0.1) is 11.3 Å². The van der Waals surface area contributed by atoms with E-state index in [2.05, 4.69) is 11.4 Å². The molecule has 4 heteroatoms. The zero-order valence-corrected chi connectivity index (χ0v) is 10.3. The normalized spacial score (nSPS) is 21.1. The molecule has 16 heavy (non-hydrogen) atoms. The van der Waals surface area contributed by atoms with Gasteiger partial charge < -0.3 is 4.90 Å². The monoisotopic (exact) mass is 234 g/mol. The molecule has 1 aliphatic heterocycles. The number of hydrogen-bond donors (Lipinski definition) is 0. The lowest BCUT2D eigenvalue weighted by molar-refractivity contribution is -0.135. The SMILES string of the molecule is CC(C#N)C(=O)N1CCc2sccc2C1C.